The summed E-state index contributed by atoms with van der Waals surface area (Å²) in [7, 11) is 0. The van der Waals surface area contributed by atoms with E-state index in [-0.39, 0.29) is 30.3 Å². The molecule has 1 amide bonds. The van der Waals surface area contributed by atoms with Crippen LogP contribution in [0.25, 0.3) is 17.0 Å². The van der Waals surface area contributed by atoms with Crippen LogP contribution in [0.1, 0.15) is 19.0 Å². The molecular formula is C19H15F4N3O2. The lowest BCUT2D eigenvalue weighted by Crippen LogP contribution is -2.25. The number of halogens is 4. The highest BCUT2D eigenvalue weighted by molar-refractivity contribution is 5.96. The largest absolute Gasteiger partial charge is 0.482 e. The van der Waals surface area contributed by atoms with Crippen molar-refractivity contribution in [3.63, 3.8) is 0 Å². The van der Waals surface area contributed by atoms with Crippen molar-refractivity contribution < 1.29 is 27.1 Å². The average Bonchev–Trinajstić information content (AvgIpc) is 3.08. The number of benzene rings is 1. The van der Waals surface area contributed by atoms with E-state index < -0.39 is 18.0 Å². The number of amides is 1. The summed E-state index contributed by atoms with van der Waals surface area (Å²) in [5, 5.41) is 6.31. The van der Waals surface area contributed by atoms with Crippen molar-refractivity contribution >= 4 is 17.3 Å². The molecule has 2 aromatic rings. The van der Waals surface area contributed by atoms with Crippen LogP contribution in [0.3, 0.4) is 0 Å². The van der Waals surface area contributed by atoms with Crippen LogP contribution in [0.15, 0.2) is 42.0 Å². The molecule has 9 heteroatoms. The third kappa shape index (κ3) is 3.28. The molecule has 4 rings (SSSR count). The summed E-state index contributed by atoms with van der Waals surface area (Å²) in [6.45, 7) is 1.56. The van der Waals surface area contributed by atoms with E-state index in [9.17, 15) is 22.4 Å². The van der Waals surface area contributed by atoms with E-state index in [1.165, 1.54) is 12.1 Å². The summed E-state index contributed by atoms with van der Waals surface area (Å²) in [5.41, 5.74) is 0.646. The molecule has 0 spiro atoms. The van der Waals surface area contributed by atoms with Crippen LogP contribution >= 0.6 is 0 Å². The van der Waals surface area contributed by atoms with Gasteiger partial charge in [-0.05, 0) is 42.8 Å². The smallest absolute Gasteiger partial charge is 0.435 e. The fourth-order valence-corrected chi connectivity index (χ4v) is 3.15. The van der Waals surface area contributed by atoms with E-state index in [1.807, 2.05) is 0 Å². The number of fused-ring (bicyclic) bond motifs is 1. The zero-order valence-corrected chi connectivity index (χ0v) is 14.7. The van der Waals surface area contributed by atoms with Gasteiger partial charge in [0.2, 0.25) is 0 Å². The highest BCUT2D eigenvalue weighted by Crippen LogP contribution is 2.38. The summed E-state index contributed by atoms with van der Waals surface area (Å²) >= 11 is 0. The summed E-state index contributed by atoms with van der Waals surface area (Å²) in [6.07, 6.45) is -2.91. The minimum Gasteiger partial charge on any atom is -0.482 e. The van der Waals surface area contributed by atoms with Gasteiger partial charge in [0.15, 0.2) is 12.3 Å². The lowest BCUT2D eigenvalue weighted by Gasteiger charge is -2.20. The quantitative estimate of drug-likeness (QED) is 0.768. The average molecular weight is 393 g/mol. The van der Waals surface area contributed by atoms with Crippen LogP contribution in [0.5, 0.6) is 5.75 Å². The molecule has 1 aliphatic heterocycles. The first-order valence-corrected chi connectivity index (χ1v) is 8.50. The van der Waals surface area contributed by atoms with Crippen LogP contribution in [0, 0.1) is 0 Å². The molecule has 0 saturated carbocycles. The fraction of sp³-hybridized carbons (Fsp3) is 0.263. The van der Waals surface area contributed by atoms with E-state index >= 15 is 0 Å². The maximum atomic E-state index is 13.9. The third-order valence-corrected chi connectivity index (χ3v) is 4.53. The van der Waals surface area contributed by atoms with E-state index in [0.29, 0.717) is 22.6 Å². The summed E-state index contributed by atoms with van der Waals surface area (Å²) < 4.78 is 60.2. The normalized spacial score (nSPS) is 19.3. The highest BCUT2D eigenvalue weighted by atomic mass is 19.4. The Kier molecular flexibility index (Phi) is 4.24. The predicted octanol–water partition coefficient (Wildman–Crippen LogP) is 4.43. The SMILES string of the molecule is CC1=CCC(F)C=C1n1nc(C(F)(F)F)cc1-c1ccc2c(c1)NC(=O)CO2. The van der Waals surface area contributed by atoms with Crippen LogP contribution < -0.4 is 10.1 Å². The van der Waals surface area contributed by atoms with Crippen molar-refractivity contribution in [3.8, 4) is 17.0 Å². The molecule has 2 heterocycles. The van der Waals surface area contributed by atoms with Crippen LogP contribution in [0.4, 0.5) is 23.2 Å². The number of aromatic nitrogens is 2. The minimum absolute atomic E-state index is 0.128. The molecule has 28 heavy (non-hydrogen) atoms. The Morgan fingerprint density at radius 3 is 2.82 bits per heavy atom. The molecule has 0 radical (unpaired) electrons. The summed E-state index contributed by atoms with van der Waals surface area (Å²) in [4.78, 5) is 11.5. The second-order valence-corrected chi connectivity index (χ2v) is 6.56. The van der Waals surface area contributed by atoms with Crippen molar-refractivity contribution in [3.05, 3.63) is 47.7 Å². The van der Waals surface area contributed by atoms with Crippen molar-refractivity contribution in [2.45, 2.75) is 25.7 Å². The molecule has 2 aliphatic rings. The Labute approximate surface area is 157 Å². The topological polar surface area (TPSA) is 56.2 Å². The standard InChI is InChI=1S/C19H15F4N3O2/c1-10-2-4-12(20)7-14(10)26-15(8-17(25-26)19(21,22)23)11-3-5-16-13(6-11)24-18(27)9-28-16/h2-3,5-8,12H,4,9H2,1H3,(H,24,27). The Hall–Kier alpha value is -3.10. The summed E-state index contributed by atoms with van der Waals surface area (Å²) in [6, 6.07) is 5.54. The van der Waals surface area contributed by atoms with Crippen molar-refractivity contribution in [2.75, 3.05) is 11.9 Å². The number of alkyl halides is 4. The zero-order chi connectivity index (χ0) is 20.1. The number of hydrogen-bond acceptors (Lipinski definition) is 3. The number of ether oxygens (including phenoxy) is 1. The third-order valence-electron chi connectivity index (χ3n) is 4.53. The first-order valence-electron chi connectivity index (χ1n) is 8.50. The molecule has 0 fully saturated rings. The van der Waals surface area contributed by atoms with Gasteiger partial charge < -0.3 is 10.1 Å². The van der Waals surface area contributed by atoms with Gasteiger partial charge in [-0.1, -0.05) is 6.08 Å². The Bertz CT molecular complexity index is 1020. The highest BCUT2D eigenvalue weighted by Gasteiger charge is 2.36. The van der Waals surface area contributed by atoms with Gasteiger partial charge >= 0.3 is 6.18 Å². The minimum atomic E-state index is -4.66. The summed E-state index contributed by atoms with van der Waals surface area (Å²) in [5.74, 6) is 0.0606. The molecule has 0 bridgehead atoms. The lowest BCUT2D eigenvalue weighted by molar-refractivity contribution is -0.141. The number of nitrogens with zero attached hydrogens (tertiary/aromatic N) is 2. The molecule has 1 N–H and O–H groups in total. The van der Waals surface area contributed by atoms with E-state index in [0.717, 1.165) is 10.7 Å². The van der Waals surface area contributed by atoms with Crippen LogP contribution in [0.2, 0.25) is 0 Å². The van der Waals surface area contributed by atoms with Crippen LogP contribution in [-0.2, 0) is 11.0 Å². The number of anilines is 1. The molecule has 5 nitrogen and oxygen atoms in total. The molecule has 1 atom stereocenters. The molecule has 1 aromatic carbocycles. The second kappa shape index (κ2) is 6.50. The maximum absolute atomic E-state index is 13.9. The van der Waals surface area contributed by atoms with Gasteiger partial charge in [-0.15, -0.1) is 0 Å². The number of rotatable bonds is 2. The molecule has 0 saturated heterocycles. The van der Waals surface area contributed by atoms with Gasteiger partial charge in [0.1, 0.15) is 11.9 Å². The number of hydrogen-bond donors (Lipinski definition) is 1. The predicted molar refractivity (Wildman–Crippen MR) is 94.3 cm³/mol. The van der Waals surface area contributed by atoms with Gasteiger partial charge in [0.05, 0.1) is 17.1 Å². The number of allylic oxidation sites excluding steroid dienone is 4. The van der Waals surface area contributed by atoms with Gasteiger partial charge in [0.25, 0.3) is 5.91 Å². The van der Waals surface area contributed by atoms with Crippen LogP contribution in [-0.4, -0.2) is 28.5 Å². The molecule has 1 aromatic heterocycles. The zero-order valence-electron chi connectivity index (χ0n) is 14.7. The lowest BCUT2D eigenvalue weighted by atomic mass is 10.0. The van der Waals surface area contributed by atoms with Crippen molar-refractivity contribution in [2.24, 2.45) is 0 Å². The fourth-order valence-electron chi connectivity index (χ4n) is 3.15. The second-order valence-electron chi connectivity index (χ2n) is 6.56. The van der Waals surface area contributed by atoms with E-state index in [1.54, 1.807) is 25.1 Å². The maximum Gasteiger partial charge on any atom is 0.435 e. The Balaban J connectivity index is 1.87. The molecule has 1 unspecified atom stereocenters. The number of carbonyl (C=O) groups excluding carboxylic acids is 1. The Morgan fingerprint density at radius 2 is 2.07 bits per heavy atom. The Morgan fingerprint density at radius 1 is 1.29 bits per heavy atom. The van der Waals surface area contributed by atoms with Gasteiger partial charge in [-0.3, -0.25) is 4.79 Å². The monoisotopic (exact) mass is 393 g/mol. The molecular weight excluding hydrogens is 378 g/mol. The number of nitrogens with one attached hydrogen (secondary N) is 1. The first-order chi connectivity index (χ1) is 13.2. The van der Waals surface area contributed by atoms with Crippen molar-refractivity contribution in [1.29, 1.82) is 0 Å². The van der Waals surface area contributed by atoms with Gasteiger partial charge in [-0.25, -0.2) is 9.07 Å². The van der Waals surface area contributed by atoms with E-state index in [4.69, 9.17) is 4.74 Å². The molecule has 146 valence electrons. The van der Waals surface area contributed by atoms with E-state index in [2.05, 4.69) is 10.4 Å². The first kappa shape index (κ1) is 18.3. The number of carbonyl (C=O) groups is 1. The van der Waals surface area contributed by atoms with Crippen molar-refractivity contribution in [1.82, 2.24) is 9.78 Å². The molecule has 1 aliphatic carbocycles. The van der Waals surface area contributed by atoms with Gasteiger partial charge in [-0.2, -0.15) is 18.3 Å². The van der Waals surface area contributed by atoms with Gasteiger partial charge in [0, 0.05) is 12.0 Å².